The number of benzene rings is 2. The molecule has 27 heavy (non-hydrogen) atoms. The summed E-state index contributed by atoms with van der Waals surface area (Å²) in [4.78, 5) is 24.2. The van der Waals surface area contributed by atoms with Gasteiger partial charge in [-0.3, -0.25) is 9.59 Å². The van der Waals surface area contributed by atoms with Crippen LogP contribution < -0.4 is 15.4 Å². The van der Waals surface area contributed by atoms with Crippen LogP contribution in [0.3, 0.4) is 0 Å². The van der Waals surface area contributed by atoms with Crippen molar-refractivity contribution in [1.29, 1.82) is 0 Å². The molecule has 0 aliphatic heterocycles. The molecule has 5 nitrogen and oxygen atoms in total. The van der Waals surface area contributed by atoms with Gasteiger partial charge in [0.2, 0.25) is 0 Å². The molecule has 2 N–H and O–H groups in total. The zero-order chi connectivity index (χ0) is 20.0. The molecule has 0 atom stereocenters. The van der Waals surface area contributed by atoms with Gasteiger partial charge < -0.3 is 15.4 Å². The number of halogens is 4. The van der Waals surface area contributed by atoms with Crippen molar-refractivity contribution in [1.82, 2.24) is 10.6 Å². The van der Waals surface area contributed by atoms with Crippen LogP contribution in [0.1, 0.15) is 26.3 Å². The summed E-state index contributed by atoms with van der Waals surface area (Å²) in [5.41, 5.74) is -1.29. The van der Waals surface area contributed by atoms with E-state index >= 15 is 0 Å². The fourth-order valence-corrected chi connectivity index (χ4v) is 2.50. The predicted molar refractivity (Wildman–Crippen MR) is 94.1 cm³/mol. The monoisotopic (exact) mass is 400 g/mol. The highest BCUT2D eigenvalue weighted by molar-refractivity contribution is 6.31. The predicted octanol–water partition coefficient (Wildman–Crippen LogP) is 3.53. The van der Waals surface area contributed by atoms with E-state index in [1.54, 1.807) is 6.07 Å². The number of rotatable bonds is 6. The second-order valence-corrected chi connectivity index (χ2v) is 5.84. The lowest BCUT2D eigenvalue weighted by atomic mass is 10.1. The lowest BCUT2D eigenvalue weighted by molar-refractivity contribution is -0.137. The van der Waals surface area contributed by atoms with Crippen molar-refractivity contribution in [2.24, 2.45) is 0 Å². The van der Waals surface area contributed by atoms with E-state index in [0.29, 0.717) is 10.8 Å². The second-order valence-electron chi connectivity index (χ2n) is 5.40. The van der Waals surface area contributed by atoms with Crippen LogP contribution in [0.4, 0.5) is 13.2 Å². The van der Waals surface area contributed by atoms with Gasteiger partial charge >= 0.3 is 6.18 Å². The van der Waals surface area contributed by atoms with Gasteiger partial charge in [-0.1, -0.05) is 23.7 Å². The molecular weight excluding hydrogens is 385 g/mol. The topological polar surface area (TPSA) is 67.4 Å². The Hall–Kier alpha value is -2.74. The van der Waals surface area contributed by atoms with Gasteiger partial charge in [-0.25, -0.2) is 0 Å². The normalized spacial score (nSPS) is 11.0. The number of ether oxygens (including phenoxy) is 1. The van der Waals surface area contributed by atoms with Gasteiger partial charge in [-0.2, -0.15) is 13.2 Å². The number of nitrogens with one attached hydrogen (secondary N) is 2. The Bertz CT molecular complexity index is 841. The molecule has 2 aromatic rings. The van der Waals surface area contributed by atoms with Crippen molar-refractivity contribution < 1.29 is 27.5 Å². The van der Waals surface area contributed by atoms with Gasteiger partial charge in [0.05, 0.1) is 23.8 Å². The first kappa shape index (κ1) is 20.6. The Balaban J connectivity index is 1.94. The maximum absolute atomic E-state index is 12.9. The Morgan fingerprint density at radius 1 is 1.00 bits per heavy atom. The van der Waals surface area contributed by atoms with Crippen LogP contribution in [-0.2, 0) is 6.18 Å². The fraction of sp³-hybridized carbons (Fsp3) is 0.222. The van der Waals surface area contributed by atoms with Crippen molar-refractivity contribution in [3.63, 3.8) is 0 Å². The standard InChI is InChI=1S/C18H16ClF3N2O3/c1-27-15-7-6-11(19)10-13(15)17(26)24-9-8-23-16(25)12-4-2-3-5-14(12)18(20,21)22/h2-7,10H,8-9H2,1H3,(H,23,25)(H,24,26). The number of hydrogen-bond donors (Lipinski definition) is 2. The minimum atomic E-state index is -4.63. The first-order chi connectivity index (χ1) is 12.7. The highest BCUT2D eigenvalue weighted by Gasteiger charge is 2.34. The molecule has 0 unspecified atom stereocenters. The van der Waals surface area contributed by atoms with Gasteiger partial charge in [0, 0.05) is 18.1 Å². The summed E-state index contributed by atoms with van der Waals surface area (Å²) in [6.45, 7) is -0.0475. The molecule has 0 aliphatic rings. The largest absolute Gasteiger partial charge is 0.496 e. The fourth-order valence-electron chi connectivity index (χ4n) is 2.33. The van der Waals surface area contributed by atoms with E-state index in [1.807, 2.05) is 0 Å². The van der Waals surface area contributed by atoms with Gasteiger partial charge in [-0.05, 0) is 30.3 Å². The molecule has 0 spiro atoms. The summed E-state index contributed by atoms with van der Waals surface area (Å²) in [6.07, 6.45) is -4.63. The highest BCUT2D eigenvalue weighted by atomic mass is 35.5. The van der Waals surface area contributed by atoms with E-state index in [9.17, 15) is 22.8 Å². The summed E-state index contributed by atoms with van der Waals surface area (Å²) in [6, 6.07) is 9.00. The summed E-state index contributed by atoms with van der Waals surface area (Å²) in [5.74, 6) is -1.04. The van der Waals surface area contributed by atoms with Gasteiger partial charge in [-0.15, -0.1) is 0 Å². The van der Waals surface area contributed by atoms with Crippen molar-refractivity contribution >= 4 is 23.4 Å². The van der Waals surface area contributed by atoms with Crippen LogP contribution in [0.15, 0.2) is 42.5 Å². The second kappa shape index (κ2) is 8.77. The summed E-state index contributed by atoms with van der Waals surface area (Å²) >= 11 is 5.86. The third-order valence-corrected chi connectivity index (χ3v) is 3.81. The molecule has 0 bridgehead atoms. The third kappa shape index (κ3) is 5.37. The number of carbonyl (C=O) groups is 2. The molecule has 0 saturated heterocycles. The smallest absolute Gasteiger partial charge is 0.417 e. The lowest BCUT2D eigenvalue weighted by Gasteiger charge is -2.13. The molecule has 2 rings (SSSR count). The van der Waals surface area contributed by atoms with Crippen molar-refractivity contribution in [2.45, 2.75) is 6.18 Å². The molecule has 0 aliphatic carbocycles. The molecular formula is C18H16ClF3N2O3. The number of carbonyl (C=O) groups excluding carboxylic acids is 2. The zero-order valence-corrected chi connectivity index (χ0v) is 14.9. The molecule has 0 heterocycles. The molecule has 144 valence electrons. The van der Waals surface area contributed by atoms with E-state index in [-0.39, 0.29) is 18.7 Å². The quantitative estimate of drug-likeness (QED) is 0.729. The molecule has 0 radical (unpaired) electrons. The van der Waals surface area contributed by atoms with E-state index in [2.05, 4.69) is 10.6 Å². The Morgan fingerprint density at radius 3 is 2.19 bits per heavy atom. The summed E-state index contributed by atoms with van der Waals surface area (Å²) in [7, 11) is 1.40. The molecule has 2 aromatic carbocycles. The Labute approximate surface area is 158 Å². The van der Waals surface area contributed by atoms with Gasteiger partial charge in [0.15, 0.2) is 0 Å². The molecule has 9 heteroatoms. The Kier molecular flexibility index (Phi) is 6.68. The van der Waals surface area contributed by atoms with Crippen molar-refractivity contribution in [3.05, 3.63) is 64.2 Å². The number of alkyl halides is 3. The van der Waals surface area contributed by atoms with E-state index in [4.69, 9.17) is 16.3 Å². The lowest BCUT2D eigenvalue weighted by Crippen LogP contribution is -2.35. The van der Waals surface area contributed by atoms with Crippen molar-refractivity contribution in [3.8, 4) is 5.75 Å². The average Bonchev–Trinajstić information content (AvgIpc) is 2.64. The number of amides is 2. The van der Waals surface area contributed by atoms with Crippen LogP contribution in [0.5, 0.6) is 5.75 Å². The van der Waals surface area contributed by atoms with Crippen LogP contribution in [-0.4, -0.2) is 32.0 Å². The van der Waals surface area contributed by atoms with Crippen LogP contribution >= 0.6 is 11.6 Å². The SMILES string of the molecule is COc1ccc(Cl)cc1C(=O)NCCNC(=O)c1ccccc1C(F)(F)F. The first-order valence-corrected chi connectivity index (χ1v) is 8.18. The van der Waals surface area contributed by atoms with Gasteiger partial charge in [0.25, 0.3) is 11.8 Å². The molecule has 0 saturated carbocycles. The summed E-state index contributed by atoms with van der Waals surface area (Å²) in [5, 5.41) is 5.23. The number of hydrogen-bond acceptors (Lipinski definition) is 3. The van der Waals surface area contributed by atoms with Crippen LogP contribution in [0.25, 0.3) is 0 Å². The summed E-state index contributed by atoms with van der Waals surface area (Å²) < 4.78 is 43.9. The van der Waals surface area contributed by atoms with E-state index < -0.39 is 29.1 Å². The maximum Gasteiger partial charge on any atom is 0.417 e. The minimum Gasteiger partial charge on any atom is -0.496 e. The molecule has 0 aromatic heterocycles. The van der Waals surface area contributed by atoms with E-state index in [1.165, 1.54) is 31.4 Å². The molecule has 2 amide bonds. The number of methoxy groups -OCH3 is 1. The minimum absolute atomic E-state index is 0.00836. The highest BCUT2D eigenvalue weighted by Crippen LogP contribution is 2.31. The Morgan fingerprint density at radius 2 is 1.59 bits per heavy atom. The van der Waals surface area contributed by atoms with Crippen molar-refractivity contribution in [2.75, 3.05) is 20.2 Å². The van der Waals surface area contributed by atoms with Gasteiger partial charge in [0.1, 0.15) is 5.75 Å². The van der Waals surface area contributed by atoms with Crippen LogP contribution in [0.2, 0.25) is 5.02 Å². The third-order valence-electron chi connectivity index (χ3n) is 3.58. The first-order valence-electron chi connectivity index (χ1n) is 7.80. The maximum atomic E-state index is 12.9. The van der Waals surface area contributed by atoms with E-state index in [0.717, 1.165) is 12.1 Å². The van der Waals surface area contributed by atoms with Crippen LogP contribution in [0, 0.1) is 0 Å². The zero-order valence-electron chi connectivity index (χ0n) is 14.2. The average molecular weight is 401 g/mol. The molecule has 0 fully saturated rings.